The van der Waals surface area contributed by atoms with E-state index in [2.05, 4.69) is 15.6 Å². The predicted octanol–water partition coefficient (Wildman–Crippen LogP) is 1.95. The van der Waals surface area contributed by atoms with Crippen LogP contribution in [0.15, 0.2) is 29.6 Å². The Hall–Kier alpha value is -1.96. The average Bonchev–Trinajstić information content (AvgIpc) is 2.97. The van der Waals surface area contributed by atoms with E-state index in [9.17, 15) is 9.59 Å². The van der Waals surface area contributed by atoms with Gasteiger partial charge in [-0.05, 0) is 24.1 Å². The van der Waals surface area contributed by atoms with Crippen molar-refractivity contribution in [2.24, 2.45) is 5.73 Å². The molecule has 2 aromatic rings. The van der Waals surface area contributed by atoms with Crippen molar-refractivity contribution in [1.29, 1.82) is 0 Å². The van der Waals surface area contributed by atoms with Gasteiger partial charge in [-0.2, -0.15) is 0 Å². The minimum Gasteiger partial charge on any atom is -0.350 e. The predicted molar refractivity (Wildman–Crippen MR) is 94.0 cm³/mol. The molecule has 0 fully saturated rings. The van der Waals surface area contributed by atoms with E-state index >= 15 is 0 Å². The summed E-state index contributed by atoms with van der Waals surface area (Å²) >= 11 is 1.38. The van der Waals surface area contributed by atoms with Crippen LogP contribution in [-0.4, -0.2) is 23.3 Å². The monoisotopic (exact) mass is 354 g/mol. The third-order valence-electron chi connectivity index (χ3n) is 2.93. The van der Waals surface area contributed by atoms with Gasteiger partial charge in [0.05, 0.1) is 0 Å². The fourth-order valence-corrected chi connectivity index (χ4v) is 2.53. The molecule has 0 aliphatic carbocycles. The van der Waals surface area contributed by atoms with Crippen molar-refractivity contribution in [1.82, 2.24) is 10.3 Å². The van der Waals surface area contributed by atoms with E-state index in [1.54, 1.807) is 5.38 Å². The van der Waals surface area contributed by atoms with Gasteiger partial charge in [-0.15, -0.1) is 23.7 Å². The second-order valence-corrected chi connectivity index (χ2v) is 5.66. The van der Waals surface area contributed by atoms with Crippen LogP contribution in [0.1, 0.15) is 28.0 Å². The first kappa shape index (κ1) is 19.1. The molecule has 4 N–H and O–H groups in total. The Kier molecular flexibility index (Phi) is 7.67. The Labute approximate surface area is 144 Å². The zero-order chi connectivity index (χ0) is 15.9. The molecular formula is C15H19ClN4O2S. The number of nitrogens with one attached hydrogen (secondary N) is 2. The summed E-state index contributed by atoms with van der Waals surface area (Å²) in [5, 5.41) is 7.99. The molecule has 0 aliphatic heterocycles. The first-order valence-corrected chi connectivity index (χ1v) is 7.75. The van der Waals surface area contributed by atoms with Crippen LogP contribution in [0.25, 0.3) is 0 Å². The number of nitrogens with zero attached hydrogens (tertiary/aromatic N) is 1. The van der Waals surface area contributed by atoms with Gasteiger partial charge in [-0.3, -0.25) is 9.59 Å². The van der Waals surface area contributed by atoms with Crippen LogP contribution in [0.4, 0.5) is 5.69 Å². The second-order valence-electron chi connectivity index (χ2n) is 4.71. The van der Waals surface area contributed by atoms with Crippen LogP contribution in [0, 0.1) is 0 Å². The van der Waals surface area contributed by atoms with Gasteiger partial charge in [0.15, 0.2) is 0 Å². The molecule has 1 heterocycles. The maximum absolute atomic E-state index is 11.9. The Morgan fingerprint density at radius 1 is 1.26 bits per heavy atom. The minimum atomic E-state index is -0.189. The molecule has 0 saturated carbocycles. The maximum atomic E-state index is 11.9. The van der Waals surface area contributed by atoms with Gasteiger partial charge in [-0.25, -0.2) is 4.98 Å². The SMILES string of the molecule is CC(=O)Nc1ccc(CCNC(=O)c2csc(CN)n2)cc1.Cl. The van der Waals surface area contributed by atoms with E-state index < -0.39 is 0 Å². The van der Waals surface area contributed by atoms with Gasteiger partial charge in [0.2, 0.25) is 5.91 Å². The largest absolute Gasteiger partial charge is 0.350 e. The lowest BCUT2D eigenvalue weighted by Crippen LogP contribution is -2.26. The molecule has 1 aromatic heterocycles. The summed E-state index contributed by atoms with van der Waals surface area (Å²) in [6.07, 6.45) is 0.708. The lowest BCUT2D eigenvalue weighted by molar-refractivity contribution is -0.114. The van der Waals surface area contributed by atoms with Crippen LogP contribution in [-0.2, 0) is 17.8 Å². The van der Waals surface area contributed by atoms with Crippen LogP contribution in [0.5, 0.6) is 0 Å². The number of halogens is 1. The normalized spacial score (nSPS) is 9.83. The quantitative estimate of drug-likeness (QED) is 0.738. The van der Waals surface area contributed by atoms with E-state index in [1.165, 1.54) is 18.3 Å². The molecule has 0 unspecified atom stereocenters. The highest BCUT2D eigenvalue weighted by molar-refractivity contribution is 7.09. The molecule has 23 heavy (non-hydrogen) atoms. The van der Waals surface area contributed by atoms with Crippen LogP contribution in [0.3, 0.4) is 0 Å². The van der Waals surface area contributed by atoms with Crippen LogP contribution in [0.2, 0.25) is 0 Å². The molecule has 0 aliphatic rings. The van der Waals surface area contributed by atoms with E-state index in [1.807, 2.05) is 24.3 Å². The van der Waals surface area contributed by atoms with Crippen molar-refractivity contribution in [2.75, 3.05) is 11.9 Å². The molecule has 8 heteroatoms. The molecular weight excluding hydrogens is 336 g/mol. The number of hydrogen-bond acceptors (Lipinski definition) is 5. The van der Waals surface area contributed by atoms with Crippen molar-refractivity contribution in [3.63, 3.8) is 0 Å². The van der Waals surface area contributed by atoms with E-state index in [4.69, 9.17) is 5.73 Å². The highest BCUT2D eigenvalue weighted by Crippen LogP contribution is 2.10. The van der Waals surface area contributed by atoms with Gasteiger partial charge in [0.25, 0.3) is 5.91 Å². The topological polar surface area (TPSA) is 97.1 Å². The molecule has 0 saturated heterocycles. The molecule has 2 rings (SSSR count). The number of benzene rings is 1. The lowest BCUT2D eigenvalue weighted by Gasteiger charge is -2.06. The zero-order valence-corrected chi connectivity index (χ0v) is 14.3. The standard InChI is InChI=1S/C15H18N4O2S.ClH/c1-10(20)18-12-4-2-11(3-5-12)6-7-17-15(21)13-9-22-14(8-16)19-13;/h2-5,9H,6-8,16H2,1H3,(H,17,21)(H,18,20);1H. The Morgan fingerprint density at radius 3 is 2.52 bits per heavy atom. The number of rotatable bonds is 6. The highest BCUT2D eigenvalue weighted by Gasteiger charge is 2.09. The first-order chi connectivity index (χ1) is 10.6. The van der Waals surface area contributed by atoms with Crippen molar-refractivity contribution in [3.8, 4) is 0 Å². The summed E-state index contributed by atoms with van der Waals surface area (Å²) in [4.78, 5) is 27.0. The van der Waals surface area contributed by atoms with Crippen molar-refractivity contribution >= 4 is 41.2 Å². The summed E-state index contributed by atoms with van der Waals surface area (Å²) in [6.45, 7) is 2.34. The van der Waals surface area contributed by atoms with Crippen LogP contribution >= 0.6 is 23.7 Å². The van der Waals surface area contributed by atoms with Crippen molar-refractivity contribution in [3.05, 3.63) is 45.9 Å². The molecule has 0 bridgehead atoms. The van der Waals surface area contributed by atoms with Gasteiger partial charge in [-0.1, -0.05) is 12.1 Å². The van der Waals surface area contributed by atoms with Gasteiger partial charge in [0, 0.05) is 31.1 Å². The molecule has 2 amide bonds. The third kappa shape index (κ3) is 5.97. The number of anilines is 1. The number of nitrogens with two attached hydrogens (primary N) is 1. The second kappa shape index (κ2) is 9.24. The number of carbonyl (C=O) groups is 2. The van der Waals surface area contributed by atoms with Gasteiger partial charge < -0.3 is 16.4 Å². The number of aromatic nitrogens is 1. The van der Waals surface area contributed by atoms with Gasteiger partial charge >= 0.3 is 0 Å². The Balaban J connectivity index is 0.00000264. The van der Waals surface area contributed by atoms with Gasteiger partial charge in [0.1, 0.15) is 10.7 Å². The van der Waals surface area contributed by atoms with E-state index in [0.717, 1.165) is 16.3 Å². The Bertz CT molecular complexity index is 658. The van der Waals surface area contributed by atoms with Crippen molar-refractivity contribution < 1.29 is 9.59 Å². The van der Waals surface area contributed by atoms with E-state index in [0.29, 0.717) is 25.2 Å². The number of thiazole rings is 1. The fraction of sp³-hybridized carbons (Fsp3) is 0.267. The average molecular weight is 355 g/mol. The first-order valence-electron chi connectivity index (χ1n) is 6.87. The molecule has 0 spiro atoms. The van der Waals surface area contributed by atoms with Crippen molar-refractivity contribution in [2.45, 2.75) is 19.9 Å². The third-order valence-corrected chi connectivity index (χ3v) is 3.80. The smallest absolute Gasteiger partial charge is 0.270 e. The Morgan fingerprint density at radius 2 is 1.96 bits per heavy atom. The molecule has 0 radical (unpaired) electrons. The number of carbonyl (C=O) groups excluding carboxylic acids is 2. The number of hydrogen-bond donors (Lipinski definition) is 3. The number of amides is 2. The van der Waals surface area contributed by atoms with E-state index in [-0.39, 0.29) is 24.2 Å². The fourth-order valence-electron chi connectivity index (χ4n) is 1.88. The molecule has 1 aromatic carbocycles. The summed E-state index contributed by atoms with van der Waals surface area (Å²) in [5.41, 5.74) is 7.72. The highest BCUT2D eigenvalue weighted by atomic mass is 35.5. The maximum Gasteiger partial charge on any atom is 0.270 e. The molecule has 0 atom stereocenters. The summed E-state index contributed by atoms with van der Waals surface area (Å²) < 4.78 is 0. The zero-order valence-electron chi connectivity index (χ0n) is 12.7. The summed E-state index contributed by atoms with van der Waals surface area (Å²) in [5.74, 6) is -0.286. The minimum absolute atomic E-state index is 0. The summed E-state index contributed by atoms with van der Waals surface area (Å²) in [7, 11) is 0. The summed E-state index contributed by atoms with van der Waals surface area (Å²) in [6, 6.07) is 7.53. The lowest BCUT2D eigenvalue weighted by atomic mass is 10.1. The van der Waals surface area contributed by atoms with Crippen LogP contribution < -0.4 is 16.4 Å². The molecule has 6 nitrogen and oxygen atoms in total. The molecule has 124 valence electrons.